The molecule has 0 aliphatic heterocycles. The third-order valence-electron chi connectivity index (χ3n) is 2.39. The van der Waals surface area contributed by atoms with Gasteiger partial charge in [-0.1, -0.05) is 0 Å². The summed E-state index contributed by atoms with van der Waals surface area (Å²) in [5, 5.41) is 6.67. The molecule has 0 aliphatic rings. The van der Waals surface area contributed by atoms with Gasteiger partial charge in [0.05, 0.1) is 17.9 Å². The zero-order chi connectivity index (χ0) is 11.1. The number of hydrogen-bond donors (Lipinski definition) is 1. The van der Waals surface area contributed by atoms with Crippen molar-refractivity contribution in [2.75, 3.05) is 0 Å². The van der Waals surface area contributed by atoms with Crippen LogP contribution in [-0.4, -0.2) is 19.7 Å². The fourth-order valence-electron chi connectivity index (χ4n) is 1.66. The molecule has 0 fully saturated rings. The number of fused-ring (bicyclic) bond motifs is 1. The van der Waals surface area contributed by atoms with Crippen LogP contribution in [0, 0.1) is 0 Å². The van der Waals surface area contributed by atoms with Gasteiger partial charge in [-0.15, -0.1) is 11.3 Å². The van der Waals surface area contributed by atoms with E-state index in [0.717, 1.165) is 16.0 Å². The molecule has 3 aromatic heterocycles. The number of H-pyrrole nitrogens is 1. The van der Waals surface area contributed by atoms with E-state index >= 15 is 0 Å². The third kappa shape index (κ3) is 1.27. The first-order valence-electron chi connectivity index (χ1n) is 4.69. The number of rotatable bonds is 1. The van der Waals surface area contributed by atoms with E-state index < -0.39 is 0 Å². The number of thiophene rings is 1. The van der Waals surface area contributed by atoms with E-state index in [1.807, 2.05) is 18.6 Å². The molecule has 6 heteroatoms. The molecule has 0 aromatic carbocycles. The Bertz CT molecular complexity index is 709. The highest BCUT2D eigenvalue weighted by Crippen LogP contribution is 2.29. The molecule has 1 N–H and O–H groups in total. The second-order valence-electron chi connectivity index (χ2n) is 3.46. The lowest BCUT2D eigenvalue weighted by Crippen LogP contribution is -2.05. The predicted molar refractivity (Wildman–Crippen MR) is 62.4 cm³/mol. The first kappa shape index (κ1) is 9.29. The quantitative estimate of drug-likeness (QED) is 0.689. The van der Waals surface area contributed by atoms with Crippen molar-refractivity contribution in [1.82, 2.24) is 19.7 Å². The third-order valence-corrected chi connectivity index (χ3v) is 3.28. The summed E-state index contributed by atoms with van der Waals surface area (Å²) in [6, 6.07) is 0. The molecule has 0 radical (unpaired) electrons. The number of aromatic nitrogens is 4. The van der Waals surface area contributed by atoms with Gasteiger partial charge in [-0.25, -0.2) is 4.98 Å². The molecule has 0 spiro atoms. The largest absolute Gasteiger partial charge is 0.313 e. The van der Waals surface area contributed by atoms with E-state index in [2.05, 4.69) is 15.1 Å². The van der Waals surface area contributed by atoms with Crippen LogP contribution in [0.15, 0.2) is 28.9 Å². The highest BCUT2D eigenvalue weighted by atomic mass is 32.1. The van der Waals surface area contributed by atoms with Crippen LogP contribution >= 0.6 is 11.3 Å². The molecule has 16 heavy (non-hydrogen) atoms. The van der Waals surface area contributed by atoms with Gasteiger partial charge in [-0.05, 0) is 0 Å². The van der Waals surface area contributed by atoms with Gasteiger partial charge in [-0.3, -0.25) is 9.48 Å². The normalized spacial score (nSPS) is 11.1. The molecule has 0 unspecified atom stereocenters. The van der Waals surface area contributed by atoms with Gasteiger partial charge >= 0.3 is 0 Å². The fourth-order valence-corrected chi connectivity index (χ4v) is 2.57. The average Bonchev–Trinajstić information content (AvgIpc) is 2.84. The van der Waals surface area contributed by atoms with Crippen molar-refractivity contribution in [3.05, 3.63) is 34.5 Å². The molecule has 3 rings (SSSR count). The molecule has 80 valence electrons. The molecule has 0 aliphatic carbocycles. The summed E-state index contributed by atoms with van der Waals surface area (Å²) in [6.45, 7) is 0. The van der Waals surface area contributed by atoms with Gasteiger partial charge in [0.1, 0.15) is 4.83 Å². The highest BCUT2D eigenvalue weighted by molar-refractivity contribution is 7.17. The average molecular weight is 232 g/mol. The Labute approximate surface area is 94.4 Å². The van der Waals surface area contributed by atoms with E-state index in [-0.39, 0.29) is 5.56 Å². The van der Waals surface area contributed by atoms with Crippen LogP contribution in [0.4, 0.5) is 0 Å². The lowest BCUT2D eigenvalue weighted by molar-refractivity contribution is 0.768. The fraction of sp³-hybridized carbons (Fsp3) is 0.100. The van der Waals surface area contributed by atoms with E-state index in [1.165, 1.54) is 17.7 Å². The van der Waals surface area contributed by atoms with Crippen LogP contribution in [0.25, 0.3) is 21.3 Å². The van der Waals surface area contributed by atoms with Crippen LogP contribution in [-0.2, 0) is 7.05 Å². The summed E-state index contributed by atoms with van der Waals surface area (Å²) in [5.41, 5.74) is 1.72. The molecule has 0 atom stereocenters. The molecule has 5 nitrogen and oxygen atoms in total. The van der Waals surface area contributed by atoms with E-state index in [0.29, 0.717) is 5.39 Å². The molecular formula is C10H8N4OS. The van der Waals surface area contributed by atoms with E-state index in [1.54, 1.807) is 10.9 Å². The highest BCUT2D eigenvalue weighted by Gasteiger charge is 2.11. The minimum Gasteiger partial charge on any atom is -0.313 e. The molecular weight excluding hydrogens is 224 g/mol. The van der Waals surface area contributed by atoms with Crippen LogP contribution in [0.2, 0.25) is 0 Å². The van der Waals surface area contributed by atoms with Gasteiger partial charge in [0.2, 0.25) is 0 Å². The maximum atomic E-state index is 11.7. The number of hydrogen-bond acceptors (Lipinski definition) is 4. The lowest BCUT2D eigenvalue weighted by Gasteiger charge is -1.92. The van der Waals surface area contributed by atoms with E-state index in [9.17, 15) is 4.79 Å². The number of aromatic amines is 1. The molecule has 3 aromatic rings. The number of aryl methyl sites for hydroxylation is 1. The maximum absolute atomic E-state index is 11.7. The molecule has 0 amide bonds. The maximum Gasteiger partial charge on any atom is 0.260 e. The van der Waals surface area contributed by atoms with Crippen molar-refractivity contribution in [2.45, 2.75) is 0 Å². The molecule has 0 saturated heterocycles. The molecule has 0 saturated carbocycles. The second kappa shape index (κ2) is 3.28. The predicted octanol–water partition coefficient (Wildman–Crippen LogP) is 1.39. The number of nitrogens with one attached hydrogen (secondary N) is 1. The zero-order valence-corrected chi connectivity index (χ0v) is 9.28. The molecule has 0 bridgehead atoms. The summed E-state index contributed by atoms with van der Waals surface area (Å²) in [5.74, 6) is 0. The monoisotopic (exact) mass is 232 g/mol. The zero-order valence-electron chi connectivity index (χ0n) is 8.47. The van der Waals surface area contributed by atoms with Gasteiger partial charge in [0, 0.05) is 29.8 Å². The summed E-state index contributed by atoms with van der Waals surface area (Å²) in [7, 11) is 1.85. The van der Waals surface area contributed by atoms with Gasteiger partial charge in [0.15, 0.2) is 0 Å². The van der Waals surface area contributed by atoms with Crippen LogP contribution < -0.4 is 5.56 Å². The Balaban J connectivity index is 2.37. The van der Waals surface area contributed by atoms with Crippen LogP contribution in [0.5, 0.6) is 0 Å². The van der Waals surface area contributed by atoms with Crippen molar-refractivity contribution in [2.24, 2.45) is 7.05 Å². The van der Waals surface area contributed by atoms with E-state index in [4.69, 9.17) is 0 Å². The van der Waals surface area contributed by atoms with Crippen molar-refractivity contribution in [1.29, 1.82) is 0 Å². The van der Waals surface area contributed by atoms with Gasteiger partial charge in [-0.2, -0.15) is 5.10 Å². The topological polar surface area (TPSA) is 63.6 Å². The second-order valence-corrected chi connectivity index (χ2v) is 4.32. The Kier molecular flexibility index (Phi) is 1.90. The Morgan fingerprint density at radius 2 is 2.38 bits per heavy atom. The van der Waals surface area contributed by atoms with Gasteiger partial charge in [0.25, 0.3) is 5.56 Å². The first-order chi connectivity index (χ1) is 7.75. The lowest BCUT2D eigenvalue weighted by atomic mass is 10.1. The van der Waals surface area contributed by atoms with Crippen LogP contribution in [0.1, 0.15) is 0 Å². The summed E-state index contributed by atoms with van der Waals surface area (Å²) >= 11 is 1.46. The Hall–Kier alpha value is -1.95. The summed E-state index contributed by atoms with van der Waals surface area (Å²) < 4.78 is 1.71. The van der Waals surface area contributed by atoms with Gasteiger partial charge < -0.3 is 4.98 Å². The number of nitrogens with zero attached hydrogens (tertiary/aromatic N) is 3. The Morgan fingerprint density at radius 1 is 1.50 bits per heavy atom. The molecule has 3 heterocycles. The standard InChI is InChI=1S/C10H8N4OS/c1-14-3-6(2-13-14)7-4-16-10-8(7)9(15)11-5-12-10/h2-5H,1H3,(H,11,12,15). The minimum atomic E-state index is -0.106. The SMILES string of the molecule is Cn1cc(-c2csc3nc[nH]c(=O)c23)cn1. The first-order valence-corrected chi connectivity index (χ1v) is 5.57. The van der Waals surface area contributed by atoms with Crippen molar-refractivity contribution >= 4 is 21.6 Å². The van der Waals surface area contributed by atoms with Crippen molar-refractivity contribution < 1.29 is 0 Å². The van der Waals surface area contributed by atoms with Crippen molar-refractivity contribution in [3.63, 3.8) is 0 Å². The summed E-state index contributed by atoms with van der Waals surface area (Å²) in [4.78, 5) is 19.2. The Morgan fingerprint density at radius 3 is 3.12 bits per heavy atom. The summed E-state index contributed by atoms with van der Waals surface area (Å²) in [6.07, 6.45) is 5.05. The minimum absolute atomic E-state index is 0.106. The van der Waals surface area contributed by atoms with Crippen LogP contribution in [0.3, 0.4) is 0 Å². The van der Waals surface area contributed by atoms with Crippen molar-refractivity contribution in [3.8, 4) is 11.1 Å². The smallest absolute Gasteiger partial charge is 0.260 e.